The standard InChI is InChI=1S/C13H23N5O/c1-19-7-3-5-15-12-8-13(17-10-16-12)18-6-2-4-11(14)9-18/h8,10-11H,2-7,9,14H2,1H3,(H,15,16,17). The number of hydrogen-bond acceptors (Lipinski definition) is 6. The number of rotatable bonds is 6. The van der Waals surface area contributed by atoms with Gasteiger partial charge in [0.15, 0.2) is 0 Å². The summed E-state index contributed by atoms with van der Waals surface area (Å²) in [6, 6.07) is 2.24. The highest BCUT2D eigenvalue weighted by atomic mass is 16.5. The molecule has 0 aromatic carbocycles. The van der Waals surface area contributed by atoms with Gasteiger partial charge in [-0.2, -0.15) is 0 Å². The third kappa shape index (κ3) is 4.33. The van der Waals surface area contributed by atoms with Gasteiger partial charge in [0.1, 0.15) is 18.0 Å². The minimum atomic E-state index is 0.252. The first-order valence-corrected chi connectivity index (χ1v) is 6.85. The molecule has 1 aliphatic rings. The summed E-state index contributed by atoms with van der Waals surface area (Å²) < 4.78 is 5.02. The Labute approximate surface area is 114 Å². The second-order valence-electron chi connectivity index (χ2n) is 4.88. The zero-order valence-electron chi connectivity index (χ0n) is 11.5. The number of methoxy groups -OCH3 is 1. The molecular formula is C13H23N5O. The number of hydrogen-bond donors (Lipinski definition) is 2. The van der Waals surface area contributed by atoms with Crippen molar-refractivity contribution in [3.05, 3.63) is 12.4 Å². The highest BCUT2D eigenvalue weighted by molar-refractivity contribution is 5.48. The van der Waals surface area contributed by atoms with Crippen molar-refractivity contribution in [3.63, 3.8) is 0 Å². The number of nitrogens with one attached hydrogen (secondary N) is 1. The number of aromatic nitrogens is 2. The van der Waals surface area contributed by atoms with E-state index in [1.165, 1.54) is 0 Å². The quantitative estimate of drug-likeness (QED) is 0.743. The monoisotopic (exact) mass is 265 g/mol. The van der Waals surface area contributed by atoms with Crippen molar-refractivity contribution in [2.45, 2.75) is 25.3 Å². The molecule has 2 heterocycles. The van der Waals surface area contributed by atoms with Crippen LogP contribution >= 0.6 is 0 Å². The van der Waals surface area contributed by atoms with Gasteiger partial charge in [0.25, 0.3) is 0 Å². The fourth-order valence-corrected chi connectivity index (χ4v) is 2.27. The summed E-state index contributed by atoms with van der Waals surface area (Å²) in [7, 11) is 1.71. The average Bonchev–Trinajstić information content (AvgIpc) is 2.44. The molecule has 0 aliphatic carbocycles. The first-order chi connectivity index (χ1) is 9.29. The molecule has 0 saturated carbocycles. The van der Waals surface area contributed by atoms with Gasteiger partial charge in [-0.15, -0.1) is 0 Å². The van der Waals surface area contributed by atoms with Crippen LogP contribution in [0, 0.1) is 0 Å². The van der Waals surface area contributed by atoms with Crippen molar-refractivity contribution in [3.8, 4) is 0 Å². The normalized spacial score (nSPS) is 19.5. The smallest absolute Gasteiger partial charge is 0.134 e. The van der Waals surface area contributed by atoms with Crippen LogP contribution in [0.2, 0.25) is 0 Å². The first-order valence-electron chi connectivity index (χ1n) is 6.85. The molecule has 6 heteroatoms. The molecule has 3 N–H and O–H groups in total. The Kier molecular flexibility index (Phi) is 5.35. The van der Waals surface area contributed by atoms with Crippen LogP contribution < -0.4 is 16.0 Å². The third-order valence-electron chi connectivity index (χ3n) is 3.27. The molecule has 1 aliphatic heterocycles. The highest BCUT2D eigenvalue weighted by Crippen LogP contribution is 2.18. The van der Waals surface area contributed by atoms with Gasteiger partial charge in [-0.25, -0.2) is 9.97 Å². The molecule has 1 saturated heterocycles. The van der Waals surface area contributed by atoms with E-state index in [0.29, 0.717) is 0 Å². The van der Waals surface area contributed by atoms with E-state index in [1.54, 1.807) is 13.4 Å². The Bertz CT molecular complexity index is 387. The molecule has 0 amide bonds. The van der Waals surface area contributed by atoms with E-state index < -0.39 is 0 Å². The maximum atomic E-state index is 6.00. The maximum absolute atomic E-state index is 6.00. The predicted octanol–water partition coefficient (Wildman–Crippen LogP) is 0.853. The third-order valence-corrected chi connectivity index (χ3v) is 3.27. The summed E-state index contributed by atoms with van der Waals surface area (Å²) in [5.41, 5.74) is 6.00. The van der Waals surface area contributed by atoms with Crippen molar-refractivity contribution >= 4 is 11.6 Å². The SMILES string of the molecule is COCCCNc1cc(N2CCCC(N)C2)ncn1. The van der Waals surface area contributed by atoms with Gasteiger partial charge < -0.3 is 20.7 Å². The molecule has 1 fully saturated rings. The lowest BCUT2D eigenvalue weighted by Crippen LogP contribution is -2.43. The van der Waals surface area contributed by atoms with E-state index in [4.69, 9.17) is 10.5 Å². The van der Waals surface area contributed by atoms with Crippen LogP contribution in [0.25, 0.3) is 0 Å². The van der Waals surface area contributed by atoms with E-state index in [2.05, 4.69) is 20.2 Å². The van der Waals surface area contributed by atoms with Crippen LogP contribution in [0.4, 0.5) is 11.6 Å². The Hall–Kier alpha value is -1.40. The molecule has 0 bridgehead atoms. The maximum Gasteiger partial charge on any atom is 0.134 e. The number of nitrogens with zero attached hydrogens (tertiary/aromatic N) is 3. The first kappa shape index (κ1) is 14.0. The molecule has 106 valence electrons. The van der Waals surface area contributed by atoms with Crippen LogP contribution in [0.1, 0.15) is 19.3 Å². The molecule has 0 radical (unpaired) electrons. The molecule has 2 rings (SSSR count). The number of ether oxygens (including phenoxy) is 1. The van der Waals surface area contributed by atoms with E-state index >= 15 is 0 Å². The molecular weight excluding hydrogens is 242 g/mol. The summed E-state index contributed by atoms with van der Waals surface area (Å²) in [5.74, 6) is 1.82. The minimum Gasteiger partial charge on any atom is -0.385 e. The average molecular weight is 265 g/mol. The number of nitrogens with two attached hydrogens (primary N) is 1. The zero-order chi connectivity index (χ0) is 13.5. The van der Waals surface area contributed by atoms with Gasteiger partial charge in [0, 0.05) is 45.5 Å². The largest absolute Gasteiger partial charge is 0.385 e. The summed E-state index contributed by atoms with van der Waals surface area (Å²) in [6.07, 6.45) is 4.80. The van der Waals surface area contributed by atoms with Gasteiger partial charge >= 0.3 is 0 Å². The van der Waals surface area contributed by atoms with Crippen molar-refractivity contribution < 1.29 is 4.74 Å². The second-order valence-corrected chi connectivity index (χ2v) is 4.88. The van der Waals surface area contributed by atoms with E-state index in [1.807, 2.05) is 6.07 Å². The van der Waals surface area contributed by atoms with E-state index in [-0.39, 0.29) is 6.04 Å². The Morgan fingerprint density at radius 3 is 3.21 bits per heavy atom. The molecule has 19 heavy (non-hydrogen) atoms. The van der Waals surface area contributed by atoms with Crippen molar-refractivity contribution in [1.82, 2.24) is 9.97 Å². The Morgan fingerprint density at radius 2 is 2.42 bits per heavy atom. The summed E-state index contributed by atoms with van der Waals surface area (Å²) in [6.45, 7) is 3.50. The Balaban J connectivity index is 1.90. The summed E-state index contributed by atoms with van der Waals surface area (Å²) in [5, 5.41) is 3.28. The van der Waals surface area contributed by atoms with Gasteiger partial charge in [-0.05, 0) is 19.3 Å². The van der Waals surface area contributed by atoms with Gasteiger partial charge in [-0.1, -0.05) is 0 Å². The second kappa shape index (κ2) is 7.25. The lowest BCUT2D eigenvalue weighted by molar-refractivity contribution is 0.198. The highest BCUT2D eigenvalue weighted by Gasteiger charge is 2.18. The van der Waals surface area contributed by atoms with Crippen molar-refractivity contribution in [2.24, 2.45) is 5.73 Å². The summed E-state index contributed by atoms with van der Waals surface area (Å²) >= 11 is 0. The van der Waals surface area contributed by atoms with Crippen LogP contribution in [-0.2, 0) is 4.74 Å². The van der Waals surface area contributed by atoms with Crippen LogP contribution in [0.5, 0.6) is 0 Å². The zero-order valence-corrected chi connectivity index (χ0v) is 11.5. The Morgan fingerprint density at radius 1 is 1.53 bits per heavy atom. The lowest BCUT2D eigenvalue weighted by Gasteiger charge is -2.31. The fraction of sp³-hybridized carbons (Fsp3) is 0.692. The van der Waals surface area contributed by atoms with Crippen molar-refractivity contribution in [2.75, 3.05) is 43.6 Å². The number of anilines is 2. The van der Waals surface area contributed by atoms with Crippen molar-refractivity contribution in [1.29, 1.82) is 0 Å². The van der Waals surface area contributed by atoms with E-state index in [9.17, 15) is 0 Å². The topological polar surface area (TPSA) is 76.3 Å². The molecule has 0 spiro atoms. The van der Waals surface area contributed by atoms with E-state index in [0.717, 1.165) is 57.1 Å². The van der Waals surface area contributed by atoms with Crippen LogP contribution in [-0.4, -0.2) is 49.4 Å². The van der Waals surface area contributed by atoms with Gasteiger partial charge in [-0.3, -0.25) is 0 Å². The van der Waals surface area contributed by atoms with Crippen LogP contribution in [0.15, 0.2) is 12.4 Å². The molecule has 1 atom stereocenters. The predicted molar refractivity (Wildman–Crippen MR) is 76.4 cm³/mol. The number of piperidine rings is 1. The van der Waals surface area contributed by atoms with Gasteiger partial charge in [0.2, 0.25) is 0 Å². The van der Waals surface area contributed by atoms with Crippen LogP contribution in [0.3, 0.4) is 0 Å². The molecule has 1 aromatic heterocycles. The molecule has 6 nitrogen and oxygen atoms in total. The summed E-state index contributed by atoms with van der Waals surface area (Å²) in [4.78, 5) is 10.8. The van der Waals surface area contributed by atoms with Gasteiger partial charge in [0.05, 0.1) is 0 Å². The molecule has 1 unspecified atom stereocenters. The molecule has 1 aromatic rings. The minimum absolute atomic E-state index is 0.252. The fourth-order valence-electron chi connectivity index (χ4n) is 2.27. The lowest BCUT2D eigenvalue weighted by atomic mass is 10.1.